The van der Waals surface area contributed by atoms with Crippen molar-refractivity contribution in [3.63, 3.8) is 0 Å². The molecule has 0 spiro atoms. The molecule has 0 fully saturated rings. The van der Waals surface area contributed by atoms with Gasteiger partial charge in [-0.1, -0.05) is 36.9 Å². The molecule has 24 heavy (non-hydrogen) atoms. The number of rotatable bonds is 2. The van der Waals surface area contributed by atoms with Crippen LogP contribution in [0.15, 0.2) is 66.4 Å². The van der Waals surface area contributed by atoms with Crippen LogP contribution in [0.3, 0.4) is 0 Å². The van der Waals surface area contributed by atoms with E-state index < -0.39 is 17.5 Å². The van der Waals surface area contributed by atoms with E-state index in [-0.39, 0.29) is 5.56 Å². The molecule has 1 nitrogen and oxygen atoms in total. The van der Waals surface area contributed by atoms with E-state index in [0.29, 0.717) is 29.1 Å². The summed E-state index contributed by atoms with van der Waals surface area (Å²) in [5.41, 5.74) is 3.06. The Bertz CT molecular complexity index is 856. The molecule has 122 valence electrons. The maximum atomic E-state index is 14.4. The highest BCUT2D eigenvalue weighted by molar-refractivity contribution is 5.97. The van der Waals surface area contributed by atoms with Crippen LogP contribution in [-0.4, -0.2) is 11.9 Å². The summed E-state index contributed by atoms with van der Waals surface area (Å²) in [5.74, 6) is -2.83. The van der Waals surface area contributed by atoms with Crippen LogP contribution in [0.2, 0.25) is 0 Å². The molecule has 0 aliphatic carbocycles. The van der Waals surface area contributed by atoms with Gasteiger partial charge in [0.25, 0.3) is 0 Å². The largest absolute Gasteiger partial charge is 0.344 e. The molecule has 0 N–H and O–H groups in total. The molecule has 0 atom stereocenters. The number of benzene rings is 2. The normalized spacial score (nSPS) is 15.0. The molecule has 0 unspecified atom stereocenters. The predicted molar refractivity (Wildman–Crippen MR) is 90.2 cm³/mol. The van der Waals surface area contributed by atoms with Gasteiger partial charge in [0.15, 0.2) is 0 Å². The molecule has 1 aliphatic heterocycles. The zero-order valence-corrected chi connectivity index (χ0v) is 13.4. The summed E-state index contributed by atoms with van der Waals surface area (Å²) in [6, 6.07) is 10.7. The molecule has 4 heteroatoms. The van der Waals surface area contributed by atoms with Gasteiger partial charge in [-0.05, 0) is 24.1 Å². The summed E-state index contributed by atoms with van der Waals surface area (Å²) in [6.07, 6.45) is 1.84. The average molecular weight is 327 g/mol. The zero-order valence-electron chi connectivity index (χ0n) is 13.4. The van der Waals surface area contributed by atoms with Crippen molar-refractivity contribution in [2.24, 2.45) is 0 Å². The van der Waals surface area contributed by atoms with E-state index in [1.54, 1.807) is 11.9 Å². The second-order valence-electron chi connectivity index (χ2n) is 5.71. The Balaban J connectivity index is 2.36. The lowest BCUT2D eigenvalue weighted by atomic mass is 9.92. The van der Waals surface area contributed by atoms with Gasteiger partial charge in [-0.15, -0.1) is 0 Å². The first-order valence-corrected chi connectivity index (χ1v) is 7.46. The fourth-order valence-electron chi connectivity index (χ4n) is 2.86. The van der Waals surface area contributed by atoms with Crippen LogP contribution in [0.25, 0.3) is 11.3 Å². The van der Waals surface area contributed by atoms with Gasteiger partial charge in [-0.2, -0.15) is 0 Å². The Hall–Kier alpha value is -2.75. The highest BCUT2D eigenvalue weighted by atomic mass is 19.1. The third kappa shape index (κ3) is 2.64. The van der Waals surface area contributed by atoms with Crippen LogP contribution in [0, 0.1) is 17.5 Å². The summed E-state index contributed by atoms with van der Waals surface area (Å²) < 4.78 is 42.1. The number of nitrogens with zero attached hydrogens (tertiary/aromatic N) is 1. The van der Waals surface area contributed by atoms with Crippen molar-refractivity contribution in [1.82, 2.24) is 4.90 Å². The highest BCUT2D eigenvalue weighted by Gasteiger charge is 2.27. The number of likely N-dealkylation sites (N-methyl/N-ethyl adjacent to an activating group) is 1. The summed E-state index contributed by atoms with van der Waals surface area (Å²) in [4.78, 5) is 1.64. The average Bonchev–Trinajstić information content (AvgIpc) is 2.54. The molecular weight excluding hydrogens is 311 g/mol. The van der Waals surface area contributed by atoms with E-state index in [0.717, 1.165) is 11.1 Å². The molecule has 1 heterocycles. The fraction of sp³-hybridized carbons (Fsp3) is 0.100. The van der Waals surface area contributed by atoms with Gasteiger partial charge >= 0.3 is 0 Å². The Kier molecular flexibility index (Phi) is 4.06. The van der Waals surface area contributed by atoms with Crippen molar-refractivity contribution < 1.29 is 13.2 Å². The van der Waals surface area contributed by atoms with E-state index in [2.05, 4.69) is 6.58 Å². The second kappa shape index (κ2) is 6.04. The maximum absolute atomic E-state index is 14.4. The molecule has 2 aromatic rings. The van der Waals surface area contributed by atoms with Crippen LogP contribution < -0.4 is 0 Å². The zero-order chi connectivity index (χ0) is 17.4. The molecule has 0 saturated heterocycles. The fourth-order valence-corrected chi connectivity index (χ4v) is 2.86. The van der Waals surface area contributed by atoms with Crippen molar-refractivity contribution in [3.8, 4) is 0 Å². The van der Waals surface area contributed by atoms with Crippen molar-refractivity contribution in [3.05, 3.63) is 95.0 Å². The summed E-state index contributed by atoms with van der Waals surface area (Å²) in [6.45, 7) is 5.85. The number of halogens is 3. The monoisotopic (exact) mass is 327 g/mol. The molecule has 2 aromatic carbocycles. The smallest absolute Gasteiger partial charge is 0.138 e. The minimum Gasteiger partial charge on any atom is -0.344 e. The van der Waals surface area contributed by atoms with E-state index >= 15 is 0 Å². The molecule has 3 rings (SSSR count). The SMILES string of the molecule is C=C1C(C)=CC(c2ccccc2)=C(c2c(F)cc(F)cc2F)N1C. The quantitative estimate of drug-likeness (QED) is 0.716. The Morgan fingerprint density at radius 3 is 2.12 bits per heavy atom. The Labute approximate surface area is 139 Å². The summed E-state index contributed by atoms with van der Waals surface area (Å²) in [5, 5.41) is 0. The predicted octanol–water partition coefficient (Wildman–Crippen LogP) is 5.38. The minimum absolute atomic E-state index is 0.261. The van der Waals surface area contributed by atoms with Crippen LogP contribution in [0.5, 0.6) is 0 Å². The lowest BCUT2D eigenvalue weighted by molar-refractivity contribution is 0.523. The standard InChI is InChI=1S/C20H16F3N/c1-12-9-16(14-7-5-4-6-8-14)20(24(3)13(12)2)19-17(22)10-15(21)11-18(19)23/h4-11H,2H2,1,3H3. The van der Waals surface area contributed by atoms with Crippen molar-refractivity contribution in [2.45, 2.75) is 6.92 Å². The van der Waals surface area contributed by atoms with E-state index in [1.807, 2.05) is 43.3 Å². The van der Waals surface area contributed by atoms with Gasteiger partial charge in [0.05, 0.1) is 11.3 Å². The topological polar surface area (TPSA) is 3.24 Å². The molecule has 0 aromatic heterocycles. The Morgan fingerprint density at radius 1 is 0.958 bits per heavy atom. The van der Waals surface area contributed by atoms with Crippen molar-refractivity contribution in [2.75, 3.05) is 7.05 Å². The summed E-state index contributed by atoms with van der Waals surface area (Å²) >= 11 is 0. The van der Waals surface area contributed by atoms with Gasteiger partial charge in [0.2, 0.25) is 0 Å². The van der Waals surface area contributed by atoms with Gasteiger partial charge in [-0.25, -0.2) is 13.2 Å². The van der Waals surface area contributed by atoms with Gasteiger partial charge in [-0.3, -0.25) is 0 Å². The molecule has 0 radical (unpaired) electrons. The van der Waals surface area contributed by atoms with Gasteiger partial charge in [0, 0.05) is 30.5 Å². The Morgan fingerprint density at radius 2 is 1.54 bits per heavy atom. The molecule has 1 aliphatic rings. The van der Waals surface area contributed by atoms with Crippen molar-refractivity contribution in [1.29, 1.82) is 0 Å². The van der Waals surface area contributed by atoms with E-state index in [1.165, 1.54) is 0 Å². The lowest BCUT2D eigenvalue weighted by Gasteiger charge is -2.32. The first kappa shape index (κ1) is 16.1. The summed E-state index contributed by atoms with van der Waals surface area (Å²) in [7, 11) is 1.69. The minimum atomic E-state index is -0.945. The number of hydrogen-bond acceptors (Lipinski definition) is 1. The van der Waals surface area contributed by atoms with Crippen LogP contribution in [0.4, 0.5) is 13.2 Å². The second-order valence-corrected chi connectivity index (χ2v) is 5.71. The van der Waals surface area contributed by atoms with E-state index in [4.69, 9.17) is 0 Å². The highest BCUT2D eigenvalue weighted by Crippen LogP contribution is 2.39. The van der Waals surface area contributed by atoms with Crippen LogP contribution in [0.1, 0.15) is 18.1 Å². The molecule has 0 bridgehead atoms. The number of hydrogen-bond donors (Lipinski definition) is 0. The third-order valence-electron chi connectivity index (χ3n) is 4.14. The van der Waals surface area contributed by atoms with Gasteiger partial charge in [0.1, 0.15) is 17.5 Å². The molecular formula is C20H16F3N. The number of allylic oxidation sites excluding steroid dienone is 3. The third-order valence-corrected chi connectivity index (χ3v) is 4.14. The first-order chi connectivity index (χ1) is 11.4. The van der Waals surface area contributed by atoms with Crippen LogP contribution >= 0.6 is 0 Å². The maximum Gasteiger partial charge on any atom is 0.138 e. The van der Waals surface area contributed by atoms with E-state index in [9.17, 15) is 13.2 Å². The molecule has 0 saturated carbocycles. The lowest BCUT2D eigenvalue weighted by Crippen LogP contribution is -2.22. The van der Waals surface area contributed by atoms with Gasteiger partial charge < -0.3 is 4.90 Å². The molecule has 0 amide bonds. The van der Waals surface area contributed by atoms with Crippen LogP contribution in [-0.2, 0) is 0 Å². The first-order valence-electron chi connectivity index (χ1n) is 7.46. The van der Waals surface area contributed by atoms with Crippen molar-refractivity contribution >= 4 is 11.3 Å².